The van der Waals surface area contributed by atoms with Gasteiger partial charge in [0.25, 0.3) is 0 Å². The Morgan fingerprint density at radius 1 is 1.62 bits per heavy atom. The molecule has 1 N–H and O–H groups in total. The van der Waals surface area contributed by atoms with Gasteiger partial charge in [0, 0.05) is 32.8 Å². The van der Waals surface area contributed by atoms with Crippen LogP contribution in [0.3, 0.4) is 0 Å². The van der Waals surface area contributed by atoms with Gasteiger partial charge in [-0.2, -0.15) is 5.10 Å². The molecule has 1 aliphatic rings. The molecular formula is C12H21N3O. The zero-order valence-corrected chi connectivity index (χ0v) is 10.3. The largest absolute Gasteiger partial charge is 0.380 e. The summed E-state index contributed by atoms with van der Waals surface area (Å²) < 4.78 is 7.46. The molecule has 90 valence electrons. The molecule has 0 amide bonds. The average molecular weight is 223 g/mol. The molecule has 16 heavy (non-hydrogen) atoms. The zero-order chi connectivity index (χ0) is 11.5. The van der Waals surface area contributed by atoms with Crippen LogP contribution in [0.5, 0.6) is 0 Å². The van der Waals surface area contributed by atoms with Crippen molar-refractivity contribution in [1.82, 2.24) is 15.1 Å². The van der Waals surface area contributed by atoms with Crippen LogP contribution in [0.2, 0.25) is 0 Å². The van der Waals surface area contributed by atoms with Crippen LogP contribution in [0.15, 0.2) is 12.3 Å². The molecule has 1 fully saturated rings. The van der Waals surface area contributed by atoms with Crippen molar-refractivity contribution >= 4 is 0 Å². The van der Waals surface area contributed by atoms with Crippen molar-refractivity contribution in [2.45, 2.75) is 31.4 Å². The fourth-order valence-corrected chi connectivity index (χ4v) is 2.29. The van der Waals surface area contributed by atoms with Crippen molar-refractivity contribution in [3.05, 3.63) is 18.0 Å². The summed E-state index contributed by atoms with van der Waals surface area (Å²) in [5, 5.41) is 7.77. The lowest BCUT2D eigenvalue weighted by Crippen LogP contribution is -2.42. The fraction of sp³-hybridized carbons (Fsp3) is 0.750. The molecule has 1 aromatic heterocycles. The second-order valence-electron chi connectivity index (χ2n) is 4.62. The van der Waals surface area contributed by atoms with Crippen LogP contribution >= 0.6 is 0 Å². The van der Waals surface area contributed by atoms with Crippen LogP contribution in [-0.4, -0.2) is 36.1 Å². The minimum atomic E-state index is 0.326. The van der Waals surface area contributed by atoms with Gasteiger partial charge in [0.15, 0.2) is 0 Å². The van der Waals surface area contributed by atoms with Crippen molar-refractivity contribution in [3.63, 3.8) is 0 Å². The predicted molar refractivity (Wildman–Crippen MR) is 63.3 cm³/mol. The van der Waals surface area contributed by atoms with Crippen LogP contribution in [0.1, 0.15) is 18.5 Å². The highest BCUT2D eigenvalue weighted by molar-refractivity contribution is 5.04. The number of likely N-dealkylation sites (N-methyl/N-ethyl adjacent to an activating group) is 1. The number of nitrogens with zero attached hydrogens (tertiary/aromatic N) is 2. The van der Waals surface area contributed by atoms with Crippen LogP contribution in [-0.2, 0) is 18.2 Å². The minimum absolute atomic E-state index is 0.326. The summed E-state index contributed by atoms with van der Waals surface area (Å²) in [6.45, 7) is 0. The minimum Gasteiger partial charge on any atom is -0.380 e. The molecule has 2 rings (SSSR count). The van der Waals surface area contributed by atoms with Gasteiger partial charge in [-0.3, -0.25) is 4.68 Å². The number of hydrogen-bond acceptors (Lipinski definition) is 3. The molecule has 0 spiro atoms. The Kier molecular flexibility index (Phi) is 3.61. The number of nitrogens with one attached hydrogen (secondary N) is 1. The lowest BCUT2D eigenvalue weighted by atomic mass is 10.0. The van der Waals surface area contributed by atoms with Gasteiger partial charge < -0.3 is 10.1 Å². The number of methoxy groups -OCH3 is 1. The van der Waals surface area contributed by atoms with Gasteiger partial charge in [-0.05, 0) is 31.9 Å². The summed E-state index contributed by atoms with van der Waals surface area (Å²) in [7, 11) is 5.76. The monoisotopic (exact) mass is 223 g/mol. The van der Waals surface area contributed by atoms with Crippen molar-refractivity contribution in [2.75, 3.05) is 14.2 Å². The van der Waals surface area contributed by atoms with Crippen LogP contribution in [0, 0.1) is 5.92 Å². The van der Waals surface area contributed by atoms with E-state index in [9.17, 15) is 0 Å². The zero-order valence-electron chi connectivity index (χ0n) is 10.3. The smallest absolute Gasteiger partial charge is 0.0756 e. The van der Waals surface area contributed by atoms with E-state index in [0.717, 1.165) is 18.0 Å². The maximum Gasteiger partial charge on any atom is 0.0756 e. The summed E-state index contributed by atoms with van der Waals surface area (Å²) in [4.78, 5) is 0. The van der Waals surface area contributed by atoms with Gasteiger partial charge in [-0.15, -0.1) is 0 Å². The third-order valence-electron chi connectivity index (χ3n) is 3.32. The molecular weight excluding hydrogens is 202 g/mol. The summed E-state index contributed by atoms with van der Waals surface area (Å²) in [6, 6.07) is 2.44. The normalized spacial score (nSPS) is 19.7. The maximum absolute atomic E-state index is 5.61. The van der Waals surface area contributed by atoms with Crippen LogP contribution < -0.4 is 5.32 Å². The van der Waals surface area contributed by atoms with Crippen LogP contribution in [0.4, 0.5) is 0 Å². The molecule has 0 radical (unpaired) electrons. The summed E-state index contributed by atoms with van der Waals surface area (Å²) in [5.41, 5.74) is 1.13. The van der Waals surface area contributed by atoms with Gasteiger partial charge >= 0.3 is 0 Å². The number of rotatable bonds is 6. The molecule has 0 aromatic carbocycles. The Labute approximate surface area is 97.0 Å². The first-order valence-electron chi connectivity index (χ1n) is 5.93. The summed E-state index contributed by atoms with van der Waals surface area (Å²) >= 11 is 0. The molecule has 4 heteroatoms. The van der Waals surface area contributed by atoms with E-state index < -0.39 is 0 Å². The van der Waals surface area contributed by atoms with E-state index >= 15 is 0 Å². The lowest BCUT2D eigenvalue weighted by Gasteiger charge is -2.25. The topological polar surface area (TPSA) is 39.1 Å². The quantitative estimate of drug-likeness (QED) is 0.781. The van der Waals surface area contributed by atoms with Gasteiger partial charge in [-0.25, -0.2) is 0 Å². The Balaban J connectivity index is 1.98. The van der Waals surface area contributed by atoms with Crippen molar-refractivity contribution in [1.29, 1.82) is 0 Å². The van der Waals surface area contributed by atoms with E-state index in [-0.39, 0.29) is 0 Å². The van der Waals surface area contributed by atoms with E-state index in [1.165, 1.54) is 12.8 Å². The molecule has 0 saturated heterocycles. The molecule has 1 heterocycles. The molecule has 2 atom stereocenters. The number of hydrogen-bond donors (Lipinski definition) is 1. The van der Waals surface area contributed by atoms with Crippen molar-refractivity contribution < 1.29 is 4.74 Å². The van der Waals surface area contributed by atoms with Gasteiger partial charge in [0.2, 0.25) is 0 Å². The Morgan fingerprint density at radius 3 is 2.81 bits per heavy atom. The molecule has 1 aromatic rings. The van der Waals surface area contributed by atoms with E-state index in [1.807, 2.05) is 32.1 Å². The van der Waals surface area contributed by atoms with E-state index in [1.54, 1.807) is 0 Å². The third kappa shape index (κ3) is 2.62. The van der Waals surface area contributed by atoms with E-state index in [4.69, 9.17) is 4.74 Å². The highest BCUT2D eigenvalue weighted by atomic mass is 16.5. The average Bonchev–Trinajstić information content (AvgIpc) is 3.02. The van der Waals surface area contributed by atoms with E-state index in [0.29, 0.717) is 12.1 Å². The van der Waals surface area contributed by atoms with Crippen LogP contribution in [0.25, 0.3) is 0 Å². The first kappa shape index (κ1) is 11.6. The predicted octanol–water partition coefficient (Wildman–Crippen LogP) is 0.976. The third-order valence-corrected chi connectivity index (χ3v) is 3.32. The van der Waals surface area contributed by atoms with Gasteiger partial charge in [0.05, 0.1) is 11.8 Å². The molecule has 0 aliphatic heterocycles. The SMILES string of the molecule is CNC(Cc1ccn(C)n1)C(OC)C1CC1. The summed E-state index contributed by atoms with van der Waals surface area (Å²) in [5.74, 6) is 0.742. The van der Waals surface area contributed by atoms with E-state index in [2.05, 4.69) is 16.5 Å². The first-order valence-corrected chi connectivity index (χ1v) is 5.93. The Bertz CT molecular complexity index is 333. The standard InChI is InChI=1S/C12H21N3O/c1-13-11(12(16-3)9-4-5-9)8-10-6-7-15(2)14-10/h6-7,9,11-13H,4-5,8H2,1-3H3. The lowest BCUT2D eigenvalue weighted by molar-refractivity contribution is 0.0531. The van der Waals surface area contributed by atoms with Crippen molar-refractivity contribution in [3.8, 4) is 0 Å². The summed E-state index contributed by atoms with van der Waals surface area (Å²) in [6.07, 6.45) is 5.86. The second-order valence-corrected chi connectivity index (χ2v) is 4.62. The van der Waals surface area contributed by atoms with Crippen molar-refractivity contribution in [2.24, 2.45) is 13.0 Å². The molecule has 0 bridgehead atoms. The fourth-order valence-electron chi connectivity index (χ4n) is 2.29. The van der Waals surface area contributed by atoms with Gasteiger partial charge in [0.1, 0.15) is 0 Å². The highest BCUT2D eigenvalue weighted by Crippen LogP contribution is 2.36. The number of aryl methyl sites for hydroxylation is 1. The first-order chi connectivity index (χ1) is 7.74. The van der Waals surface area contributed by atoms with Gasteiger partial charge in [-0.1, -0.05) is 0 Å². The molecule has 2 unspecified atom stereocenters. The number of ether oxygens (including phenoxy) is 1. The molecule has 4 nitrogen and oxygen atoms in total. The maximum atomic E-state index is 5.61. The Morgan fingerprint density at radius 2 is 2.38 bits per heavy atom. The molecule has 1 saturated carbocycles. The molecule has 1 aliphatic carbocycles. The number of aromatic nitrogens is 2. The Hall–Kier alpha value is -0.870. The second kappa shape index (κ2) is 4.97. The highest BCUT2D eigenvalue weighted by Gasteiger charge is 2.36.